The van der Waals surface area contributed by atoms with Gasteiger partial charge in [0.05, 0.1) is 5.69 Å². The van der Waals surface area contributed by atoms with Gasteiger partial charge in [-0.05, 0) is 35.9 Å². The maximum atomic E-state index is 11.9. The first-order chi connectivity index (χ1) is 9.60. The topological polar surface area (TPSA) is 53.8 Å². The second kappa shape index (κ2) is 4.52. The molecule has 5 heteroatoms. The second-order valence-electron chi connectivity index (χ2n) is 4.86. The van der Waals surface area contributed by atoms with Crippen LogP contribution in [0.3, 0.4) is 0 Å². The molecule has 0 saturated heterocycles. The van der Waals surface area contributed by atoms with Crippen molar-refractivity contribution in [3.05, 3.63) is 41.7 Å². The summed E-state index contributed by atoms with van der Waals surface area (Å²) in [5.74, 6) is 0.958. The van der Waals surface area contributed by atoms with E-state index in [1.165, 1.54) is 0 Å². The molecule has 0 fully saturated rings. The van der Waals surface area contributed by atoms with Crippen LogP contribution in [-0.2, 0) is 6.54 Å². The maximum Gasteiger partial charge on any atom is 0.324 e. The van der Waals surface area contributed by atoms with Crippen molar-refractivity contribution in [3.63, 3.8) is 0 Å². The fourth-order valence-corrected chi connectivity index (χ4v) is 2.45. The summed E-state index contributed by atoms with van der Waals surface area (Å²) in [7, 11) is 3.53. The van der Waals surface area contributed by atoms with Crippen molar-refractivity contribution in [2.75, 3.05) is 19.0 Å². The summed E-state index contributed by atoms with van der Waals surface area (Å²) in [6, 6.07) is 9.17. The van der Waals surface area contributed by atoms with Crippen LogP contribution in [0.1, 0.15) is 16.1 Å². The molecule has 2 amide bonds. The highest BCUT2D eigenvalue weighted by Crippen LogP contribution is 2.31. The minimum absolute atomic E-state index is 0.0218. The molecule has 5 nitrogen and oxygen atoms in total. The van der Waals surface area contributed by atoms with Crippen molar-refractivity contribution in [1.29, 1.82) is 0 Å². The highest BCUT2D eigenvalue weighted by atomic mass is 16.3. The van der Waals surface area contributed by atoms with Gasteiger partial charge < -0.3 is 9.32 Å². The van der Waals surface area contributed by atoms with Crippen LogP contribution in [0.4, 0.5) is 10.5 Å². The van der Waals surface area contributed by atoms with Crippen molar-refractivity contribution in [1.82, 2.24) is 4.90 Å². The molecule has 1 aromatic heterocycles. The second-order valence-corrected chi connectivity index (χ2v) is 4.86. The molecule has 2 heterocycles. The highest BCUT2D eigenvalue weighted by molar-refractivity contribution is 5.94. The number of amides is 2. The number of urea groups is 1. The van der Waals surface area contributed by atoms with E-state index in [2.05, 4.69) is 0 Å². The Bertz CT molecular complexity index is 690. The lowest BCUT2D eigenvalue weighted by molar-refractivity contribution is 0.110. The van der Waals surface area contributed by atoms with Crippen LogP contribution < -0.4 is 4.90 Å². The van der Waals surface area contributed by atoms with Gasteiger partial charge in [0, 0.05) is 26.2 Å². The van der Waals surface area contributed by atoms with Gasteiger partial charge in [-0.15, -0.1) is 0 Å². The maximum absolute atomic E-state index is 11.9. The molecule has 0 atom stereocenters. The number of benzene rings is 1. The zero-order chi connectivity index (χ0) is 14.3. The SMILES string of the molecule is CN1Cc2cc(-c3ccc(C=O)o3)ccc2N(C)C1=O. The summed E-state index contributed by atoms with van der Waals surface area (Å²) in [5, 5.41) is 0. The first-order valence-electron chi connectivity index (χ1n) is 6.27. The van der Waals surface area contributed by atoms with Gasteiger partial charge in [0.15, 0.2) is 12.0 Å². The predicted octanol–water partition coefficient (Wildman–Crippen LogP) is 2.76. The Hall–Kier alpha value is -2.56. The van der Waals surface area contributed by atoms with E-state index in [9.17, 15) is 9.59 Å². The van der Waals surface area contributed by atoms with E-state index >= 15 is 0 Å². The van der Waals surface area contributed by atoms with Crippen LogP contribution in [0.2, 0.25) is 0 Å². The fourth-order valence-electron chi connectivity index (χ4n) is 2.45. The molecule has 1 aliphatic rings. The normalized spacial score (nSPS) is 14.4. The summed E-state index contributed by atoms with van der Waals surface area (Å²) in [6.45, 7) is 0.563. The van der Waals surface area contributed by atoms with Crippen molar-refractivity contribution in [2.24, 2.45) is 0 Å². The lowest BCUT2D eigenvalue weighted by Crippen LogP contribution is -2.42. The quantitative estimate of drug-likeness (QED) is 0.788. The smallest absolute Gasteiger partial charge is 0.324 e. The lowest BCUT2D eigenvalue weighted by Gasteiger charge is -2.32. The number of hydrogen-bond acceptors (Lipinski definition) is 3. The number of carbonyl (C=O) groups excluding carboxylic acids is 2. The molecule has 1 aromatic carbocycles. The van der Waals surface area contributed by atoms with Gasteiger partial charge >= 0.3 is 6.03 Å². The summed E-state index contributed by atoms with van der Waals surface area (Å²) in [4.78, 5) is 25.8. The minimum Gasteiger partial charge on any atom is -0.453 e. The van der Waals surface area contributed by atoms with E-state index < -0.39 is 0 Å². The summed E-state index contributed by atoms with van der Waals surface area (Å²) in [5.41, 5.74) is 2.85. The third-order valence-corrected chi connectivity index (χ3v) is 3.49. The lowest BCUT2D eigenvalue weighted by atomic mass is 10.0. The van der Waals surface area contributed by atoms with Gasteiger partial charge in [0.2, 0.25) is 0 Å². The molecule has 1 aliphatic heterocycles. The van der Waals surface area contributed by atoms with E-state index in [0.29, 0.717) is 24.4 Å². The van der Waals surface area contributed by atoms with E-state index in [1.807, 2.05) is 18.2 Å². The van der Waals surface area contributed by atoms with E-state index in [4.69, 9.17) is 4.42 Å². The monoisotopic (exact) mass is 270 g/mol. The third kappa shape index (κ3) is 1.87. The molecular weight excluding hydrogens is 256 g/mol. The standard InChI is InChI=1S/C15H14N2O3/c1-16-8-11-7-10(14-6-4-12(9-18)20-14)3-5-13(11)17(2)15(16)19/h3-7,9H,8H2,1-2H3. The average molecular weight is 270 g/mol. The van der Waals surface area contributed by atoms with Gasteiger partial charge in [-0.2, -0.15) is 0 Å². The molecule has 3 rings (SSSR count). The van der Waals surface area contributed by atoms with Crippen LogP contribution in [0, 0.1) is 0 Å². The first-order valence-corrected chi connectivity index (χ1v) is 6.27. The first kappa shape index (κ1) is 12.5. The molecule has 102 valence electrons. The van der Waals surface area contributed by atoms with Crippen molar-refractivity contribution < 1.29 is 14.0 Å². The summed E-state index contributed by atoms with van der Waals surface area (Å²) >= 11 is 0. The van der Waals surface area contributed by atoms with Gasteiger partial charge in [0.1, 0.15) is 5.76 Å². The average Bonchev–Trinajstić information content (AvgIpc) is 2.93. The zero-order valence-electron chi connectivity index (χ0n) is 11.3. The Morgan fingerprint density at radius 3 is 2.70 bits per heavy atom. The molecule has 0 bridgehead atoms. The zero-order valence-corrected chi connectivity index (χ0v) is 11.3. The Labute approximate surface area is 116 Å². The molecule has 0 N–H and O–H groups in total. The van der Waals surface area contributed by atoms with Crippen LogP contribution in [0.5, 0.6) is 0 Å². The van der Waals surface area contributed by atoms with Crippen LogP contribution >= 0.6 is 0 Å². The van der Waals surface area contributed by atoms with Crippen molar-refractivity contribution >= 4 is 18.0 Å². The molecule has 0 radical (unpaired) electrons. The molecule has 2 aromatic rings. The Balaban J connectivity index is 2.03. The predicted molar refractivity (Wildman–Crippen MR) is 74.8 cm³/mol. The number of hydrogen-bond donors (Lipinski definition) is 0. The van der Waals surface area contributed by atoms with E-state index in [1.54, 1.807) is 36.0 Å². The molecular formula is C15H14N2O3. The number of anilines is 1. The van der Waals surface area contributed by atoms with E-state index in [0.717, 1.165) is 16.8 Å². The van der Waals surface area contributed by atoms with Gasteiger partial charge in [-0.3, -0.25) is 9.69 Å². The number of carbonyl (C=O) groups is 2. The number of furan rings is 1. The fraction of sp³-hybridized carbons (Fsp3) is 0.200. The van der Waals surface area contributed by atoms with Crippen LogP contribution in [-0.4, -0.2) is 31.3 Å². The van der Waals surface area contributed by atoms with Crippen molar-refractivity contribution in [2.45, 2.75) is 6.54 Å². The van der Waals surface area contributed by atoms with Crippen LogP contribution in [0.15, 0.2) is 34.7 Å². The largest absolute Gasteiger partial charge is 0.453 e. The molecule has 20 heavy (non-hydrogen) atoms. The molecule has 0 unspecified atom stereocenters. The molecule has 0 saturated carbocycles. The van der Waals surface area contributed by atoms with E-state index in [-0.39, 0.29) is 6.03 Å². The Morgan fingerprint density at radius 2 is 2.00 bits per heavy atom. The highest BCUT2D eigenvalue weighted by Gasteiger charge is 2.25. The van der Waals surface area contributed by atoms with Crippen molar-refractivity contribution in [3.8, 4) is 11.3 Å². The number of aldehydes is 1. The Morgan fingerprint density at radius 1 is 1.20 bits per heavy atom. The van der Waals surface area contributed by atoms with Gasteiger partial charge in [0.25, 0.3) is 0 Å². The number of nitrogens with zero attached hydrogens (tertiary/aromatic N) is 2. The number of fused-ring (bicyclic) bond motifs is 1. The Kier molecular flexibility index (Phi) is 2.82. The van der Waals surface area contributed by atoms with Gasteiger partial charge in [-0.1, -0.05) is 0 Å². The molecule has 0 spiro atoms. The summed E-state index contributed by atoms with van der Waals surface area (Å²) < 4.78 is 5.42. The minimum atomic E-state index is -0.0218. The third-order valence-electron chi connectivity index (χ3n) is 3.49. The molecule has 0 aliphatic carbocycles. The number of rotatable bonds is 2. The summed E-state index contributed by atoms with van der Waals surface area (Å²) in [6.07, 6.45) is 0.683. The van der Waals surface area contributed by atoms with Gasteiger partial charge in [-0.25, -0.2) is 4.79 Å². The van der Waals surface area contributed by atoms with Crippen LogP contribution in [0.25, 0.3) is 11.3 Å².